The Hall–Kier alpha value is -3.23. The first kappa shape index (κ1) is 25.0. The van der Waals surface area contributed by atoms with E-state index in [0.717, 1.165) is 5.56 Å². The van der Waals surface area contributed by atoms with Crippen LogP contribution < -0.4 is 20.4 Å². The highest BCUT2D eigenvalue weighted by Crippen LogP contribution is 2.30. The summed E-state index contributed by atoms with van der Waals surface area (Å²) >= 11 is 0. The molecule has 1 aromatic heterocycles. The van der Waals surface area contributed by atoms with Crippen LogP contribution in [0.25, 0.3) is 11.0 Å². The molecule has 0 spiro atoms. The monoisotopic (exact) mass is 463 g/mol. The fourth-order valence-electron chi connectivity index (χ4n) is 3.41. The van der Waals surface area contributed by atoms with Crippen LogP contribution in [0.3, 0.4) is 0 Å². The van der Waals surface area contributed by atoms with E-state index in [4.69, 9.17) is 13.9 Å². The van der Waals surface area contributed by atoms with Gasteiger partial charge in [0, 0.05) is 18.5 Å². The molecule has 2 aromatic carbocycles. The summed E-state index contributed by atoms with van der Waals surface area (Å²) in [7, 11) is 4.41. The third kappa shape index (κ3) is 5.15. The number of benzene rings is 2. The molecule has 0 atom stereocenters. The molecular weight excluding hydrogens is 438 g/mol. The number of phenols is 1. The van der Waals surface area contributed by atoms with E-state index in [1.165, 1.54) is 7.11 Å². The van der Waals surface area contributed by atoms with E-state index in [-0.39, 0.29) is 42.3 Å². The van der Waals surface area contributed by atoms with Gasteiger partial charge in [-0.05, 0) is 42.3 Å². The number of aryl methyl sites for hydroxylation is 1. The van der Waals surface area contributed by atoms with Gasteiger partial charge in [0.2, 0.25) is 0 Å². The highest BCUT2D eigenvalue weighted by atomic mass is 35.5. The van der Waals surface area contributed by atoms with Gasteiger partial charge in [-0.3, -0.25) is 4.79 Å². The highest BCUT2D eigenvalue weighted by molar-refractivity contribution is 5.87. The molecule has 0 saturated heterocycles. The van der Waals surface area contributed by atoms with Crippen molar-refractivity contribution in [2.45, 2.75) is 26.4 Å². The van der Waals surface area contributed by atoms with E-state index < -0.39 is 11.6 Å². The molecule has 2 N–H and O–H groups in total. The lowest BCUT2D eigenvalue weighted by Crippen LogP contribution is -2.17. The zero-order chi connectivity index (χ0) is 22.5. The maximum absolute atomic E-state index is 12.5. The van der Waals surface area contributed by atoms with Crippen molar-refractivity contribution in [3.63, 3.8) is 0 Å². The fourth-order valence-corrected chi connectivity index (χ4v) is 3.41. The second kappa shape index (κ2) is 10.9. The average Bonchev–Trinajstić information content (AvgIpc) is 2.77. The van der Waals surface area contributed by atoms with E-state index in [2.05, 4.69) is 10.1 Å². The van der Waals surface area contributed by atoms with Crippen molar-refractivity contribution >= 4 is 29.3 Å². The molecule has 0 fully saturated rings. The minimum Gasteiger partial charge on any atom is -0.507 e. The predicted molar refractivity (Wildman–Crippen MR) is 122 cm³/mol. The summed E-state index contributed by atoms with van der Waals surface area (Å²) in [5.74, 6) is 0.744. The number of rotatable bonds is 8. The number of carbonyl (C=O) groups is 1. The third-order valence-electron chi connectivity index (χ3n) is 5.16. The normalized spacial score (nSPS) is 10.5. The second-order valence-electron chi connectivity index (χ2n) is 6.98. The molecule has 8 nitrogen and oxygen atoms in total. The minimum absolute atomic E-state index is 0. The van der Waals surface area contributed by atoms with Crippen molar-refractivity contribution in [1.82, 2.24) is 5.32 Å². The first-order valence-electron chi connectivity index (χ1n) is 9.65. The Kier molecular flexibility index (Phi) is 8.51. The molecule has 0 aliphatic carbocycles. The Morgan fingerprint density at radius 3 is 2.41 bits per heavy atom. The van der Waals surface area contributed by atoms with Crippen LogP contribution in [0, 0.1) is 6.92 Å². The summed E-state index contributed by atoms with van der Waals surface area (Å²) in [6, 6.07) is 8.79. The van der Waals surface area contributed by atoms with Crippen molar-refractivity contribution in [3.05, 3.63) is 63.0 Å². The van der Waals surface area contributed by atoms with Crippen molar-refractivity contribution in [2.75, 3.05) is 21.3 Å². The number of aromatic hydroxyl groups is 1. The van der Waals surface area contributed by atoms with Crippen LogP contribution in [0.4, 0.5) is 0 Å². The van der Waals surface area contributed by atoms with Gasteiger partial charge < -0.3 is 29.1 Å². The number of hydrogen-bond donors (Lipinski definition) is 2. The molecule has 3 aromatic rings. The number of methoxy groups -OCH3 is 3. The molecule has 172 valence electrons. The molecule has 9 heteroatoms. The predicted octanol–water partition coefficient (Wildman–Crippen LogP) is 3.25. The first-order valence-corrected chi connectivity index (χ1v) is 9.65. The van der Waals surface area contributed by atoms with Gasteiger partial charge in [-0.1, -0.05) is 6.07 Å². The Morgan fingerprint density at radius 1 is 1.03 bits per heavy atom. The maximum Gasteiger partial charge on any atom is 0.340 e. The van der Waals surface area contributed by atoms with Crippen molar-refractivity contribution in [1.29, 1.82) is 0 Å². The zero-order valence-electron chi connectivity index (χ0n) is 18.3. The van der Waals surface area contributed by atoms with Gasteiger partial charge in [-0.2, -0.15) is 0 Å². The number of nitrogens with one attached hydrogen (secondary N) is 1. The molecule has 1 heterocycles. The number of phenolic OH excluding ortho intramolecular Hbond substituents is 1. The number of hydrogen-bond acceptors (Lipinski definition) is 8. The second-order valence-corrected chi connectivity index (χ2v) is 6.98. The third-order valence-corrected chi connectivity index (χ3v) is 5.16. The van der Waals surface area contributed by atoms with Gasteiger partial charge in [-0.25, -0.2) is 4.79 Å². The van der Waals surface area contributed by atoms with Crippen LogP contribution in [0.1, 0.15) is 22.3 Å². The summed E-state index contributed by atoms with van der Waals surface area (Å²) in [6.45, 7) is 2.49. The number of esters is 1. The lowest BCUT2D eigenvalue weighted by Gasteiger charge is -2.13. The first-order chi connectivity index (χ1) is 14.9. The zero-order valence-corrected chi connectivity index (χ0v) is 19.1. The number of carbonyl (C=O) groups excluding carboxylic acids is 1. The standard InChI is InChI=1S/C23H25NO7.ClH/c1-13-15-6-7-18(25)17(22(15)31-23(27)16(13)10-21(26)30-4)12-24-11-14-5-8-19(28-2)20(9-14)29-3;/h5-9,24-25H,10-12H2,1-4H3;1H. The summed E-state index contributed by atoms with van der Waals surface area (Å²) in [5, 5.41) is 14.3. The Balaban J connectivity index is 0.00000363. The molecular formula is C23H26ClNO7. The van der Waals surface area contributed by atoms with Crippen LogP contribution in [0.2, 0.25) is 0 Å². The molecule has 0 saturated carbocycles. The SMILES string of the molecule is COC(=O)Cc1c(C)c2ccc(O)c(CNCc3ccc(OC)c(OC)c3)c2oc1=O.Cl. The summed E-state index contributed by atoms with van der Waals surface area (Å²) in [5.41, 5.74) is 1.95. The van der Waals surface area contributed by atoms with Crippen molar-refractivity contribution < 1.29 is 28.5 Å². The molecule has 0 aliphatic rings. The Labute approximate surface area is 191 Å². The molecule has 0 bridgehead atoms. The molecule has 0 amide bonds. The number of halogens is 1. The van der Waals surface area contributed by atoms with Crippen LogP contribution in [0.5, 0.6) is 17.2 Å². The van der Waals surface area contributed by atoms with Gasteiger partial charge in [0.25, 0.3) is 0 Å². The van der Waals surface area contributed by atoms with E-state index >= 15 is 0 Å². The van der Waals surface area contributed by atoms with E-state index in [1.54, 1.807) is 33.3 Å². The summed E-state index contributed by atoms with van der Waals surface area (Å²) in [4.78, 5) is 24.1. The van der Waals surface area contributed by atoms with Crippen LogP contribution in [-0.2, 0) is 29.0 Å². The molecule has 3 rings (SSSR count). The van der Waals surface area contributed by atoms with Gasteiger partial charge in [0.05, 0.1) is 38.9 Å². The minimum atomic E-state index is -0.623. The topological polar surface area (TPSA) is 107 Å². The molecule has 32 heavy (non-hydrogen) atoms. The van der Waals surface area contributed by atoms with Gasteiger partial charge in [0.15, 0.2) is 11.5 Å². The lowest BCUT2D eigenvalue weighted by atomic mass is 10.0. The van der Waals surface area contributed by atoms with Crippen molar-refractivity contribution in [3.8, 4) is 17.2 Å². The highest BCUT2D eigenvalue weighted by Gasteiger charge is 2.18. The number of ether oxygens (including phenoxy) is 3. The van der Waals surface area contributed by atoms with Gasteiger partial charge in [-0.15, -0.1) is 12.4 Å². The quantitative estimate of drug-likeness (QED) is 0.387. The Bertz CT molecular complexity index is 1170. The summed E-state index contributed by atoms with van der Waals surface area (Å²) in [6.07, 6.45) is -0.172. The van der Waals surface area contributed by atoms with Gasteiger partial charge >= 0.3 is 11.6 Å². The molecule has 0 aliphatic heterocycles. The van der Waals surface area contributed by atoms with Crippen LogP contribution >= 0.6 is 12.4 Å². The van der Waals surface area contributed by atoms with E-state index in [0.29, 0.717) is 34.6 Å². The molecule has 0 unspecified atom stereocenters. The van der Waals surface area contributed by atoms with Gasteiger partial charge in [0.1, 0.15) is 11.3 Å². The van der Waals surface area contributed by atoms with Crippen molar-refractivity contribution in [2.24, 2.45) is 0 Å². The Morgan fingerprint density at radius 2 is 1.75 bits per heavy atom. The number of fused-ring (bicyclic) bond motifs is 1. The largest absolute Gasteiger partial charge is 0.507 e. The van der Waals surface area contributed by atoms with Crippen LogP contribution in [0.15, 0.2) is 39.5 Å². The van der Waals surface area contributed by atoms with E-state index in [9.17, 15) is 14.7 Å². The average molecular weight is 464 g/mol. The van der Waals surface area contributed by atoms with Crippen LogP contribution in [-0.4, -0.2) is 32.4 Å². The molecule has 0 radical (unpaired) electrons. The smallest absolute Gasteiger partial charge is 0.340 e. The fraction of sp³-hybridized carbons (Fsp3) is 0.304. The van der Waals surface area contributed by atoms with E-state index in [1.807, 2.05) is 18.2 Å². The lowest BCUT2D eigenvalue weighted by molar-refractivity contribution is -0.139. The summed E-state index contributed by atoms with van der Waals surface area (Å²) < 4.78 is 20.7. The maximum atomic E-state index is 12.5.